The number of carboxylic acids is 1. The third-order valence-corrected chi connectivity index (χ3v) is 4.34. The van der Waals surface area contributed by atoms with Crippen LogP contribution in [0.3, 0.4) is 0 Å². The number of hydrogen-bond acceptors (Lipinski definition) is 7. The van der Waals surface area contributed by atoms with Crippen LogP contribution in [-0.4, -0.2) is 102 Å². The number of halogens is 1. The molecular formula is C18H35ClN4O4. The van der Waals surface area contributed by atoms with Crippen LogP contribution < -0.4 is 10.6 Å². The zero-order valence-electron chi connectivity index (χ0n) is 16.0. The van der Waals surface area contributed by atoms with Crippen molar-refractivity contribution in [3.63, 3.8) is 0 Å². The van der Waals surface area contributed by atoms with Gasteiger partial charge in [0.05, 0.1) is 25.5 Å². The van der Waals surface area contributed by atoms with E-state index < -0.39 is 5.97 Å². The van der Waals surface area contributed by atoms with Gasteiger partial charge in [0.15, 0.2) is 0 Å². The number of nitrogens with one attached hydrogen (secondary N) is 2. The van der Waals surface area contributed by atoms with E-state index in [1.807, 2.05) is 12.2 Å². The smallest absolute Gasteiger partial charge is 0.318 e. The van der Waals surface area contributed by atoms with Crippen LogP contribution >= 0.6 is 11.6 Å². The van der Waals surface area contributed by atoms with Crippen LogP contribution in [0.5, 0.6) is 0 Å². The van der Waals surface area contributed by atoms with Crippen molar-refractivity contribution in [1.82, 2.24) is 20.4 Å². The van der Waals surface area contributed by atoms with Gasteiger partial charge >= 0.3 is 5.97 Å². The molecule has 27 heavy (non-hydrogen) atoms. The Morgan fingerprint density at radius 1 is 1.00 bits per heavy atom. The molecule has 0 aromatic heterocycles. The van der Waals surface area contributed by atoms with Gasteiger partial charge in [-0.05, 0) is 12.8 Å². The number of alkyl halides is 1. The summed E-state index contributed by atoms with van der Waals surface area (Å²) in [6.07, 6.45) is 6.54. The number of aliphatic hydroxyl groups excluding tert-OH is 2. The predicted molar refractivity (Wildman–Crippen MR) is 109 cm³/mol. The fourth-order valence-corrected chi connectivity index (χ4v) is 2.89. The molecule has 2 aliphatic rings. The molecule has 2 fully saturated rings. The second-order valence-electron chi connectivity index (χ2n) is 6.04. The van der Waals surface area contributed by atoms with E-state index >= 15 is 0 Å². The quantitative estimate of drug-likeness (QED) is 0.266. The predicted octanol–water partition coefficient (Wildman–Crippen LogP) is -0.118. The number of carboxylic acid groups (broad SMARTS) is 1. The first kappa shape index (κ1) is 26.0. The molecule has 0 radical (unpaired) electrons. The Morgan fingerprint density at radius 3 is 1.63 bits per heavy atom. The van der Waals surface area contributed by atoms with Crippen molar-refractivity contribution in [3.05, 3.63) is 25.3 Å². The van der Waals surface area contributed by atoms with Crippen molar-refractivity contribution in [2.75, 3.05) is 58.4 Å². The minimum Gasteiger partial charge on any atom is -0.480 e. The van der Waals surface area contributed by atoms with Gasteiger partial charge in [-0.25, -0.2) is 0 Å². The fourth-order valence-electron chi connectivity index (χ4n) is 2.89. The van der Waals surface area contributed by atoms with E-state index in [-0.39, 0.29) is 19.1 Å². The molecule has 9 heteroatoms. The van der Waals surface area contributed by atoms with Gasteiger partial charge in [-0.3, -0.25) is 14.6 Å². The topological polar surface area (TPSA) is 108 Å². The first-order valence-electron chi connectivity index (χ1n) is 9.20. The number of aliphatic hydroxyl groups is 2. The first-order chi connectivity index (χ1) is 13.0. The highest BCUT2D eigenvalue weighted by atomic mass is 35.5. The summed E-state index contributed by atoms with van der Waals surface area (Å²) in [4.78, 5) is 13.7. The van der Waals surface area contributed by atoms with Gasteiger partial charge in [0.1, 0.15) is 5.88 Å². The van der Waals surface area contributed by atoms with Crippen LogP contribution in [0, 0.1) is 0 Å². The van der Waals surface area contributed by atoms with E-state index in [0.29, 0.717) is 12.3 Å². The third-order valence-electron chi connectivity index (χ3n) is 4.11. The standard InChI is InChI=1S/2C8H16N2O.C2H3ClO2/c2*1-2-3-8-9-4-5-10(8)6-7-11;3-1-2(4)5/h2*2,8-9,11H,1,3-7H2;1H2,(H,4,5). The average molecular weight is 407 g/mol. The minimum atomic E-state index is -0.980. The summed E-state index contributed by atoms with van der Waals surface area (Å²) in [7, 11) is 0. The van der Waals surface area contributed by atoms with Crippen molar-refractivity contribution >= 4 is 17.6 Å². The molecule has 8 nitrogen and oxygen atoms in total. The highest BCUT2D eigenvalue weighted by Crippen LogP contribution is 2.06. The molecule has 158 valence electrons. The molecule has 0 bridgehead atoms. The van der Waals surface area contributed by atoms with Crippen molar-refractivity contribution in [1.29, 1.82) is 0 Å². The summed E-state index contributed by atoms with van der Waals surface area (Å²) < 4.78 is 0. The summed E-state index contributed by atoms with van der Waals surface area (Å²) in [6, 6.07) is 0. The number of aliphatic carboxylic acids is 1. The Labute approximate surface area is 167 Å². The number of hydrogen-bond donors (Lipinski definition) is 5. The highest BCUT2D eigenvalue weighted by Gasteiger charge is 2.21. The SMILES string of the molecule is C=CCC1NCCN1CCO.C=CCC1NCCN1CCO.O=C(O)CCl. The molecule has 2 rings (SSSR count). The Balaban J connectivity index is 0.000000405. The molecular weight excluding hydrogens is 372 g/mol. The average Bonchev–Trinajstić information content (AvgIpc) is 3.28. The number of carbonyl (C=O) groups is 1. The van der Waals surface area contributed by atoms with Crippen molar-refractivity contribution in [2.24, 2.45) is 0 Å². The zero-order chi connectivity index (χ0) is 20.5. The van der Waals surface area contributed by atoms with Crippen LogP contribution in [0.25, 0.3) is 0 Å². The van der Waals surface area contributed by atoms with Crippen LogP contribution in [0.2, 0.25) is 0 Å². The van der Waals surface area contributed by atoms with Crippen molar-refractivity contribution < 1.29 is 20.1 Å². The van der Waals surface area contributed by atoms with Gasteiger partial charge in [0, 0.05) is 39.3 Å². The Kier molecular flexibility index (Phi) is 16.5. The molecule has 0 aromatic carbocycles. The summed E-state index contributed by atoms with van der Waals surface area (Å²) in [5, 5.41) is 31.7. The lowest BCUT2D eigenvalue weighted by atomic mass is 10.3. The lowest BCUT2D eigenvalue weighted by Gasteiger charge is -2.21. The second kappa shape index (κ2) is 17.1. The monoisotopic (exact) mass is 406 g/mol. The minimum absolute atomic E-state index is 0.245. The van der Waals surface area contributed by atoms with Gasteiger partial charge < -0.3 is 26.0 Å². The van der Waals surface area contributed by atoms with E-state index in [4.69, 9.17) is 26.9 Å². The number of β-amino-alcohol motifs (C(OH)–C–C–N with tert-alkyl or cyclic N) is 2. The molecule has 2 heterocycles. The second-order valence-corrected chi connectivity index (χ2v) is 6.30. The Hall–Kier alpha value is -1.00. The molecule has 0 saturated carbocycles. The summed E-state index contributed by atoms with van der Waals surface area (Å²) in [5.41, 5.74) is 0. The summed E-state index contributed by atoms with van der Waals surface area (Å²) in [6.45, 7) is 13.5. The van der Waals surface area contributed by atoms with Crippen LogP contribution in [-0.2, 0) is 4.79 Å². The van der Waals surface area contributed by atoms with Crippen LogP contribution in [0.1, 0.15) is 12.8 Å². The Morgan fingerprint density at radius 2 is 1.37 bits per heavy atom. The van der Waals surface area contributed by atoms with E-state index in [9.17, 15) is 4.79 Å². The molecule has 2 unspecified atom stereocenters. The third kappa shape index (κ3) is 12.1. The highest BCUT2D eigenvalue weighted by molar-refractivity contribution is 6.26. The summed E-state index contributed by atoms with van der Waals surface area (Å²) in [5.74, 6) is -1.29. The van der Waals surface area contributed by atoms with Crippen molar-refractivity contribution in [2.45, 2.75) is 25.2 Å². The van der Waals surface area contributed by atoms with Crippen LogP contribution in [0.4, 0.5) is 0 Å². The first-order valence-corrected chi connectivity index (χ1v) is 9.73. The van der Waals surface area contributed by atoms with Gasteiger partial charge in [0.2, 0.25) is 0 Å². The Bertz CT molecular complexity index is 385. The lowest BCUT2D eigenvalue weighted by molar-refractivity contribution is -0.134. The van der Waals surface area contributed by atoms with E-state index in [1.54, 1.807) is 0 Å². The molecule has 0 aliphatic carbocycles. The van der Waals surface area contributed by atoms with E-state index in [1.165, 1.54) is 0 Å². The molecule has 2 aliphatic heterocycles. The van der Waals surface area contributed by atoms with Crippen LogP contribution in [0.15, 0.2) is 25.3 Å². The fraction of sp³-hybridized carbons (Fsp3) is 0.722. The summed E-state index contributed by atoms with van der Waals surface area (Å²) >= 11 is 4.74. The lowest BCUT2D eigenvalue weighted by Crippen LogP contribution is -2.36. The van der Waals surface area contributed by atoms with Gasteiger partial charge in [-0.2, -0.15) is 0 Å². The van der Waals surface area contributed by atoms with E-state index in [0.717, 1.165) is 52.1 Å². The maximum atomic E-state index is 9.24. The molecule has 2 saturated heterocycles. The molecule has 0 amide bonds. The normalized spacial score (nSPS) is 22.3. The molecule has 0 spiro atoms. The molecule has 5 N–H and O–H groups in total. The number of rotatable bonds is 9. The zero-order valence-corrected chi connectivity index (χ0v) is 16.8. The van der Waals surface area contributed by atoms with Gasteiger partial charge in [-0.1, -0.05) is 12.2 Å². The van der Waals surface area contributed by atoms with E-state index in [2.05, 4.69) is 33.6 Å². The van der Waals surface area contributed by atoms with Crippen molar-refractivity contribution in [3.8, 4) is 0 Å². The largest absolute Gasteiger partial charge is 0.480 e. The molecule has 2 atom stereocenters. The molecule has 0 aromatic rings. The maximum absolute atomic E-state index is 9.24. The van der Waals surface area contributed by atoms with Gasteiger partial charge in [-0.15, -0.1) is 24.8 Å². The van der Waals surface area contributed by atoms with Gasteiger partial charge in [0.25, 0.3) is 0 Å². The maximum Gasteiger partial charge on any atom is 0.318 e. The number of nitrogens with zero attached hydrogens (tertiary/aromatic N) is 2.